The summed E-state index contributed by atoms with van der Waals surface area (Å²) in [6.07, 6.45) is 0. The van der Waals surface area contributed by atoms with Crippen molar-refractivity contribution in [2.45, 2.75) is 12.0 Å². The van der Waals surface area contributed by atoms with Gasteiger partial charge in [0.05, 0.1) is 0 Å². The largest absolute Gasteiger partial charge is 0.345 e. The zero-order chi connectivity index (χ0) is 17.3. The van der Waals surface area contributed by atoms with Gasteiger partial charge in [0.25, 0.3) is 0 Å². The number of aliphatic imine (C=N–C) groups is 1. The highest BCUT2D eigenvalue weighted by Crippen LogP contribution is 2.40. The molecule has 1 aliphatic heterocycles. The lowest BCUT2D eigenvalue weighted by atomic mass is 10.1. The van der Waals surface area contributed by atoms with E-state index in [1.807, 2.05) is 79.7 Å². The zero-order valence-corrected chi connectivity index (χ0v) is 14.5. The fraction of sp³-hybridized carbons (Fsp3) is 0.100. The van der Waals surface area contributed by atoms with Gasteiger partial charge in [-0.1, -0.05) is 54.1 Å². The molecule has 4 rings (SSSR count). The van der Waals surface area contributed by atoms with Gasteiger partial charge in [0, 0.05) is 22.6 Å². The molecule has 0 fully saturated rings. The van der Waals surface area contributed by atoms with Crippen molar-refractivity contribution in [3.63, 3.8) is 0 Å². The maximum Gasteiger partial charge on any atom is 0.236 e. The van der Waals surface area contributed by atoms with Crippen LogP contribution < -0.4 is 10.6 Å². The van der Waals surface area contributed by atoms with Crippen LogP contribution in [0.15, 0.2) is 77.8 Å². The number of halogens is 1. The average Bonchev–Trinajstić information content (AvgIpc) is 2.62. The normalized spacial score (nSPS) is 18.7. The predicted molar refractivity (Wildman–Crippen MR) is 103 cm³/mol. The molecule has 1 atom stereocenters. The first kappa shape index (κ1) is 15.7. The van der Waals surface area contributed by atoms with Gasteiger partial charge in [-0.2, -0.15) is 0 Å². The van der Waals surface area contributed by atoms with Crippen LogP contribution in [-0.4, -0.2) is 10.8 Å². The van der Waals surface area contributed by atoms with Crippen LogP contribution in [0.2, 0.25) is 0 Å². The molecule has 3 aromatic rings. The monoisotopic (exact) mass is 348 g/mol. The lowest BCUT2D eigenvalue weighted by Crippen LogP contribution is -2.35. The molecule has 0 saturated carbocycles. The number of rotatable bonds is 3. The van der Waals surface area contributed by atoms with Gasteiger partial charge in [0.2, 0.25) is 5.12 Å². The molecule has 0 radical (unpaired) electrons. The summed E-state index contributed by atoms with van der Waals surface area (Å²) in [6, 6.07) is 23.5. The van der Waals surface area contributed by atoms with E-state index in [-0.39, 0.29) is 0 Å². The smallest absolute Gasteiger partial charge is 0.236 e. The summed E-state index contributed by atoms with van der Waals surface area (Å²) >= 11 is 6.96. The van der Waals surface area contributed by atoms with Gasteiger partial charge in [0.1, 0.15) is 5.69 Å². The molecule has 0 aliphatic carbocycles. The number of aromatic nitrogens is 1. The lowest BCUT2D eigenvalue weighted by Gasteiger charge is -2.33. The van der Waals surface area contributed by atoms with Crippen molar-refractivity contribution in [3.8, 4) is 0 Å². The fourth-order valence-electron chi connectivity index (χ4n) is 2.86. The molecular formula is C20H17ClN4. The minimum absolute atomic E-state index is 0.640. The Morgan fingerprint density at radius 1 is 0.920 bits per heavy atom. The second-order valence-electron chi connectivity index (χ2n) is 5.91. The van der Waals surface area contributed by atoms with Crippen molar-refractivity contribution < 1.29 is 0 Å². The average molecular weight is 349 g/mol. The summed E-state index contributed by atoms with van der Waals surface area (Å²) < 4.78 is 0. The van der Waals surface area contributed by atoms with E-state index in [0.29, 0.717) is 5.84 Å². The van der Waals surface area contributed by atoms with Crippen LogP contribution in [0.1, 0.15) is 17.0 Å². The van der Waals surface area contributed by atoms with Gasteiger partial charge in [-0.15, -0.1) is 0 Å². The van der Waals surface area contributed by atoms with Crippen LogP contribution in [0.3, 0.4) is 0 Å². The van der Waals surface area contributed by atoms with Gasteiger partial charge >= 0.3 is 0 Å². The fourth-order valence-corrected chi connectivity index (χ4v) is 3.21. The molecule has 1 aliphatic rings. The Bertz CT molecular complexity index is 939. The van der Waals surface area contributed by atoms with E-state index < -0.39 is 5.12 Å². The van der Waals surface area contributed by atoms with Crippen LogP contribution in [0.25, 0.3) is 0 Å². The number of nitrogens with zero attached hydrogens (tertiary/aromatic N) is 2. The van der Waals surface area contributed by atoms with Gasteiger partial charge in [-0.3, -0.25) is 0 Å². The van der Waals surface area contributed by atoms with E-state index in [9.17, 15) is 0 Å². The lowest BCUT2D eigenvalue weighted by molar-refractivity contribution is 0.736. The quantitative estimate of drug-likeness (QED) is 0.531. The summed E-state index contributed by atoms with van der Waals surface area (Å²) in [5.41, 5.74) is 4.37. The molecule has 25 heavy (non-hydrogen) atoms. The Balaban J connectivity index is 1.82. The zero-order valence-electron chi connectivity index (χ0n) is 13.7. The molecule has 2 heterocycles. The number of benzene rings is 2. The number of aryl methyl sites for hydroxylation is 1. The van der Waals surface area contributed by atoms with Crippen LogP contribution in [-0.2, 0) is 5.12 Å². The first-order valence-corrected chi connectivity index (χ1v) is 8.44. The summed E-state index contributed by atoms with van der Waals surface area (Å²) in [5, 5.41) is 5.58. The highest BCUT2D eigenvalue weighted by atomic mass is 35.5. The molecule has 0 bridgehead atoms. The Morgan fingerprint density at radius 2 is 1.68 bits per heavy atom. The standard InChI is InChI=1S/C20H17ClN4/c1-14-8-7-13-18(22-14)19-23-17-12-6-5-11-16(17)20(21,25-19)24-15-9-3-2-4-10-15/h2-13,24H,1H3,(H,23,25). The van der Waals surface area contributed by atoms with Crippen LogP contribution in [0.4, 0.5) is 11.4 Å². The van der Waals surface area contributed by atoms with Gasteiger partial charge in [-0.05, 0) is 37.3 Å². The van der Waals surface area contributed by atoms with Crippen molar-refractivity contribution in [2.75, 3.05) is 10.6 Å². The Kier molecular flexibility index (Phi) is 3.90. The number of nitrogens with one attached hydrogen (secondary N) is 2. The maximum atomic E-state index is 6.96. The number of para-hydroxylation sites is 2. The summed E-state index contributed by atoms with van der Waals surface area (Å²) in [7, 11) is 0. The number of fused-ring (bicyclic) bond motifs is 1. The van der Waals surface area contributed by atoms with E-state index in [1.165, 1.54) is 0 Å². The number of amidine groups is 1. The van der Waals surface area contributed by atoms with Crippen molar-refractivity contribution >= 4 is 28.8 Å². The Hall–Kier alpha value is -2.85. The molecule has 1 aromatic heterocycles. The third-order valence-electron chi connectivity index (χ3n) is 4.02. The molecule has 2 N–H and O–H groups in total. The second-order valence-corrected chi connectivity index (χ2v) is 6.46. The van der Waals surface area contributed by atoms with Crippen molar-refractivity contribution in [1.82, 2.24) is 4.98 Å². The van der Waals surface area contributed by atoms with E-state index in [1.54, 1.807) is 0 Å². The van der Waals surface area contributed by atoms with Gasteiger partial charge in [-0.25, -0.2) is 9.98 Å². The topological polar surface area (TPSA) is 49.3 Å². The van der Waals surface area contributed by atoms with E-state index >= 15 is 0 Å². The molecular weight excluding hydrogens is 332 g/mol. The molecule has 4 nitrogen and oxygen atoms in total. The molecule has 124 valence electrons. The minimum Gasteiger partial charge on any atom is -0.345 e. The Labute approximate surface area is 151 Å². The van der Waals surface area contributed by atoms with Crippen molar-refractivity contribution in [3.05, 3.63) is 89.7 Å². The molecule has 5 heteroatoms. The number of alkyl halides is 1. The predicted octanol–water partition coefficient (Wildman–Crippen LogP) is 4.72. The van der Waals surface area contributed by atoms with Crippen LogP contribution >= 0.6 is 11.6 Å². The van der Waals surface area contributed by atoms with Crippen LogP contribution in [0.5, 0.6) is 0 Å². The number of hydrogen-bond acceptors (Lipinski definition) is 4. The molecule has 0 amide bonds. The Morgan fingerprint density at radius 3 is 2.48 bits per heavy atom. The SMILES string of the molecule is Cc1cccc(C2=NC(Cl)(Nc3ccccc3)c3ccccc3N2)n1. The maximum absolute atomic E-state index is 6.96. The third-order valence-corrected chi connectivity index (χ3v) is 4.40. The van der Waals surface area contributed by atoms with E-state index in [0.717, 1.165) is 28.3 Å². The second kappa shape index (κ2) is 6.22. The molecule has 1 unspecified atom stereocenters. The van der Waals surface area contributed by atoms with Crippen LogP contribution in [0, 0.1) is 6.92 Å². The minimum atomic E-state index is -1.11. The first-order valence-electron chi connectivity index (χ1n) is 8.07. The molecule has 0 saturated heterocycles. The molecule has 2 aromatic carbocycles. The first-order chi connectivity index (χ1) is 12.1. The number of hydrogen-bond donors (Lipinski definition) is 2. The van der Waals surface area contributed by atoms with Crippen molar-refractivity contribution in [1.29, 1.82) is 0 Å². The number of anilines is 2. The van der Waals surface area contributed by atoms with Crippen molar-refractivity contribution in [2.24, 2.45) is 4.99 Å². The highest BCUT2D eigenvalue weighted by molar-refractivity contribution is 6.28. The van der Waals surface area contributed by atoms with E-state index in [2.05, 4.69) is 15.6 Å². The third kappa shape index (κ3) is 3.08. The molecule has 0 spiro atoms. The summed E-state index contributed by atoms with van der Waals surface area (Å²) in [4.78, 5) is 9.32. The van der Waals surface area contributed by atoms with Gasteiger partial charge in [0.15, 0.2) is 5.84 Å². The number of pyridine rings is 1. The highest BCUT2D eigenvalue weighted by Gasteiger charge is 2.36. The van der Waals surface area contributed by atoms with Gasteiger partial charge < -0.3 is 10.6 Å². The summed E-state index contributed by atoms with van der Waals surface area (Å²) in [6.45, 7) is 1.96. The van der Waals surface area contributed by atoms with E-state index in [4.69, 9.17) is 16.6 Å². The summed E-state index contributed by atoms with van der Waals surface area (Å²) in [5.74, 6) is 0.640.